The molecule has 1 saturated carbocycles. The molecule has 1 aromatic carbocycles. The molecule has 98 valence electrons. The molecule has 3 rings (SSSR count). The third-order valence-corrected chi connectivity index (χ3v) is 5.64. The third-order valence-electron chi connectivity index (χ3n) is 4.09. The van der Waals surface area contributed by atoms with E-state index in [1.807, 2.05) is 0 Å². The average molecular weight is 263 g/mol. The Kier molecular flexibility index (Phi) is 3.92. The monoisotopic (exact) mass is 263 g/mol. The SMILES string of the molecule is NC1CCC(c2ccccc2)CC1SC1COC1. The lowest BCUT2D eigenvalue weighted by molar-refractivity contribution is 0.0451. The van der Waals surface area contributed by atoms with Gasteiger partial charge in [-0.1, -0.05) is 30.3 Å². The highest BCUT2D eigenvalue weighted by atomic mass is 32.2. The van der Waals surface area contributed by atoms with E-state index < -0.39 is 0 Å². The highest BCUT2D eigenvalue weighted by Crippen LogP contribution is 2.39. The van der Waals surface area contributed by atoms with Gasteiger partial charge >= 0.3 is 0 Å². The lowest BCUT2D eigenvalue weighted by Crippen LogP contribution is -2.42. The van der Waals surface area contributed by atoms with Crippen LogP contribution >= 0.6 is 11.8 Å². The summed E-state index contributed by atoms with van der Waals surface area (Å²) in [6, 6.07) is 11.3. The van der Waals surface area contributed by atoms with Crippen LogP contribution in [0.25, 0.3) is 0 Å². The van der Waals surface area contributed by atoms with Gasteiger partial charge < -0.3 is 10.5 Å². The lowest BCUT2D eigenvalue weighted by atomic mass is 9.82. The summed E-state index contributed by atoms with van der Waals surface area (Å²) >= 11 is 2.06. The van der Waals surface area contributed by atoms with Gasteiger partial charge in [-0.2, -0.15) is 0 Å². The van der Waals surface area contributed by atoms with E-state index in [1.54, 1.807) is 0 Å². The van der Waals surface area contributed by atoms with Crippen molar-refractivity contribution in [3.05, 3.63) is 35.9 Å². The number of thioether (sulfide) groups is 1. The van der Waals surface area contributed by atoms with Crippen LogP contribution in [-0.4, -0.2) is 29.8 Å². The molecule has 2 N–H and O–H groups in total. The van der Waals surface area contributed by atoms with Crippen molar-refractivity contribution in [2.24, 2.45) is 5.73 Å². The predicted octanol–water partition coefficient (Wildman–Crippen LogP) is 2.78. The fourth-order valence-corrected chi connectivity index (χ4v) is 4.40. The zero-order valence-electron chi connectivity index (χ0n) is 10.6. The van der Waals surface area contributed by atoms with Crippen LogP contribution in [-0.2, 0) is 4.74 Å². The van der Waals surface area contributed by atoms with Gasteiger partial charge in [-0.3, -0.25) is 0 Å². The van der Waals surface area contributed by atoms with Crippen molar-refractivity contribution in [1.82, 2.24) is 0 Å². The topological polar surface area (TPSA) is 35.2 Å². The van der Waals surface area contributed by atoms with Crippen LogP contribution in [0.3, 0.4) is 0 Å². The van der Waals surface area contributed by atoms with Gasteiger partial charge in [-0.25, -0.2) is 0 Å². The van der Waals surface area contributed by atoms with Crippen LogP contribution in [0.15, 0.2) is 30.3 Å². The number of benzene rings is 1. The fourth-order valence-electron chi connectivity index (χ4n) is 2.88. The molecule has 18 heavy (non-hydrogen) atoms. The first-order chi connectivity index (χ1) is 8.83. The molecule has 0 radical (unpaired) electrons. The van der Waals surface area contributed by atoms with Crippen LogP contribution in [0.1, 0.15) is 30.7 Å². The van der Waals surface area contributed by atoms with Crippen LogP contribution in [0, 0.1) is 0 Å². The largest absolute Gasteiger partial charge is 0.379 e. The maximum absolute atomic E-state index is 6.28. The highest BCUT2D eigenvalue weighted by molar-refractivity contribution is 8.00. The minimum absolute atomic E-state index is 0.371. The average Bonchev–Trinajstić information content (AvgIpc) is 2.37. The number of hydrogen-bond donors (Lipinski definition) is 1. The summed E-state index contributed by atoms with van der Waals surface area (Å²) in [6.45, 7) is 1.84. The van der Waals surface area contributed by atoms with Crippen LogP contribution < -0.4 is 5.73 Å². The summed E-state index contributed by atoms with van der Waals surface area (Å²) in [6.07, 6.45) is 3.63. The van der Waals surface area contributed by atoms with Gasteiger partial charge in [0, 0.05) is 11.3 Å². The normalized spacial score (nSPS) is 33.1. The van der Waals surface area contributed by atoms with Crippen LogP contribution in [0.5, 0.6) is 0 Å². The molecule has 1 saturated heterocycles. The number of nitrogens with two attached hydrogens (primary N) is 1. The molecule has 0 bridgehead atoms. The quantitative estimate of drug-likeness (QED) is 0.911. The molecule has 1 aliphatic heterocycles. The molecule has 2 fully saturated rings. The van der Waals surface area contributed by atoms with Gasteiger partial charge in [-0.15, -0.1) is 11.8 Å². The summed E-state index contributed by atoms with van der Waals surface area (Å²) in [5.41, 5.74) is 7.77. The van der Waals surface area contributed by atoms with Gasteiger partial charge in [0.15, 0.2) is 0 Å². The van der Waals surface area contributed by atoms with Crippen LogP contribution in [0.4, 0.5) is 0 Å². The maximum atomic E-state index is 6.28. The molecule has 3 heteroatoms. The Balaban J connectivity index is 1.64. The number of rotatable bonds is 3. The van der Waals surface area contributed by atoms with Gasteiger partial charge in [0.25, 0.3) is 0 Å². The molecular weight excluding hydrogens is 242 g/mol. The fraction of sp³-hybridized carbons (Fsp3) is 0.600. The molecule has 2 aliphatic rings. The second kappa shape index (κ2) is 5.64. The molecule has 3 unspecified atom stereocenters. The molecule has 2 nitrogen and oxygen atoms in total. The van der Waals surface area contributed by atoms with Crippen LogP contribution in [0.2, 0.25) is 0 Å². The molecule has 0 aromatic heterocycles. The van der Waals surface area contributed by atoms with Crippen molar-refractivity contribution < 1.29 is 4.74 Å². The van der Waals surface area contributed by atoms with Gasteiger partial charge in [0.1, 0.15) is 0 Å². The van der Waals surface area contributed by atoms with E-state index in [9.17, 15) is 0 Å². The van der Waals surface area contributed by atoms with Crippen molar-refractivity contribution in [3.8, 4) is 0 Å². The van der Waals surface area contributed by atoms with E-state index in [1.165, 1.54) is 18.4 Å². The first-order valence-corrected chi connectivity index (χ1v) is 7.81. The summed E-state index contributed by atoms with van der Waals surface area (Å²) in [7, 11) is 0. The smallest absolute Gasteiger partial charge is 0.0608 e. The molecule has 0 amide bonds. The molecular formula is C15H21NOS. The van der Waals surface area contributed by atoms with Gasteiger partial charge in [-0.05, 0) is 30.7 Å². The molecule has 1 aromatic rings. The van der Waals surface area contributed by atoms with Gasteiger partial charge in [0.2, 0.25) is 0 Å². The zero-order valence-corrected chi connectivity index (χ0v) is 11.4. The second-order valence-corrected chi connectivity index (χ2v) is 6.96. The van der Waals surface area contributed by atoms with Gasteiger partial charge in [0.05, 0.1) is 18.5 Å². The minimum Gasteiger partial charge on any atom is -0.379 e. The van der Waals surface area contributed by atoms with Crippen molar-refractivity contribution in [2.75, 3.05) is 13.2 Å². The van der Waals surface area contributed by atoms with E-state index in [0.29, 0.717) is 22.5 Å². The van der Waals surface area contributed by atoms with E-state index in [0.717, 1.165) is 19.6 Å². The Morgan fingerprint density at radius 3 is 2.56 bits per heavy atom. The third kappa shape index (κ3) is 2.73. The highest BCUT2D eigenvalue weighted by Gasteiger charge is 2.33. The molecule has 1 heterocycles. The predicted molar refractivity (Wildman–Crippen MR) is 77.0 cm³/mol. The molecule has 1 aliphatic carbocycles. The summed E-state index contributed by atoms with van der Waals surface area (Å²) < 4.78 is 5.26. The summed E-state index contributed by atoms with van der Waals surface area (Å²) in [5, 5.41) is 1.30. The molecule has 0 spiro atoms. The second-order valence-electron chi connectivity index (χ2n) is 5.42. The maximum Gasteiger partial charge on any atom is 0.0608 e. The van der Waals surface area contributed by atoms with Crippen molar-refractivity contribution in [3.63, 3.8) is 0 Å². The van der Waals surface area contributed by atoms with E-state index in [-0.39, 0.29) is 0 Å². The summed E-state index contributed by atoms with van der Waals surface area (Å²) in [5.74, 6) is 0.699. The Labute approximate surface area is 113 Å². The van der Waals surface area contributed by atoms with Crippen molar-refractivity contribution >= 4 is 11.8 Å². The lowest BCUT2D eigenvalue weighted by Gasteiger charge is -2.38. The summed E-state index contributed by atoms with van der Waals surface area (Å²) in [4.78, 5) is 0. The number of hydrogen-bond acceptors (Lipinski definition) is 3. The Hall–Kier alpha value is -0.510. The first-order valence-electron chi connectivity index (χ1n) is 6.86. The minimum atomic E-state index is 0.371. The van der Waals surface area contributed by atoms with Crippen molar-refractivity contribution in [1.29, 1.82) is 0 Å². The van der Waals surface area contributed by atoms with E-state index >= 15 is 0 Å². The first kappa shape index (κ1) is 12.5. The zero-order chi connectivity index (χ0) is 12.4. The standard InChI is InChI=1S/C15H21NOS/c16-14-7-6-12(11-4-2-1-3-5-11)8-15(14)18-13-9-17-10-13/h1-5,12-15H,6-10,16H2. The number of ether oxygens (including phenoxy) is 1. The van der Waals surface area contributed by atoms with E-state index in [4.69, 9.17) is 10.5 Å². The Morgan fingerprint density at radius 2 is 1.89 bits per heavy atom. The molecule has 3 atom stereocenters. The Morgan fingerprint density at radius 1 is 1.11 bits per heavy atom. The van der Waals surface area contributed by atoms with Crippen molar-refractivity contribution in [2.45, 2.75) is 41.7 Å². The van der Waals surface area contributed by atoms with E-state index in [2.05, 4.69) is 42.1 Å². The Bertz CT molecular complexity index is 379.